The van der Waals surface area contributed by atoms with E-state index >= 15 is 0 Å². The molecule has 0 saturated carbocycles. The van der Waals surface area contributed by atoms with Crippen molar-refractivity contribution in [1.82, 2.24) is 9.62 Å². The van der Waals surface area contributed by atoms with Crippen LogP contribution < -0.4 is 4.72 Å². The van der Waals surface area contributed by atoms with Crippen molar-refractivity contribution in [3.8, 4) is 0 Å². The van der Waals surface area contributed by atoms with E-state index in [9.17, 15) is 13.2 Å². The maximum atomic E-state index is 12.7. The zero-order chi connectivity index (χ0) is 19.6. The molecule has 3 rings (SSSR count). The van der Waals surface area contributed by atoms with Crippen molar-refractivity contribution in [3.05, 3.63) is 64.7 Å². The average molecular weight is 387 g/mol. The van der Waals surface area contributed by atoms with E-state index in [0.717, 1.165) is 16.7 Å². The van der Waals surface area contributed by atoms with Crippen LogP contribution in [0.1, 0.15) is 39.9 Å². The molecule has 2 aromatic carbocycles. The average Bonchev–Trinajstić information content (AvgIpc) is 2.61. The van der Waals surface area contributed by atoms with Crippen molar-refractivity contribution in [3.63, 3.8) is 0 Å². The normalized spacial score (nSPS) is 15.7. The molecule has 144 valence electrons. The third-order valence-corrected chi connectivity index (χ3v) is 6.44. The van der Waals surface area contributed by atoms with E-state index in [1.807, 2.05) is 43.9 Å². The molecule has 0 spiro atoms. The zero-order valence-corrected chi connectivity index (χ0v) is 16.8. The third kappa shape index (κ3) is 4.76. The van der Waals surface area contributed by atoms with E-state index < -0.39 is 10.0 Å². The lowest BCUT2D eigenvalue weighted by Crippen LogP contribution is -2.46. The summed E-state index contributed by atoms with van der Waals surface area (Å²) in [6.07, 6.45) is 1.23. The molecule has 2 aromatic rings. The number of carbonyl (C=O) groups is 1. The first-order valence-electron chi connectivity index (χ1n) is 9.21. The van der Waals surface area contributed by atoms with Crippen LogP contribution in [0.2, 0.25) is 0 Å². The van der Waals surface area contributed by atoms with Gasteiger partial charge in [0.15, 0.2) is 0 Å². The number of hydrogen-bond acceptors (Lipinski definition) is 3. The third-order valence-electron chi connectivity index (χ3n) is 4.90. The number of carbonyl (C=O) groups excluding carboxylic acids is 1. The zero-order valence-electron chi connectivity index (χ0n) is 16.0. The fourth-order valence-corrected chi connectivity index (χ4v) is 4.79. The summed E-state index contributed by atoms with van der Waals surface area (Å²) in [5.74, 6) is 0.0154. The molecule has 0 unspecified atom stereocenters. The van der Waals surface area contributed by atoms with Gasteiger partial charge in [-0.3, -0.25) is 4.79 Å². The highest BCUT2D eigenvalue weighted by Crippen LogP contribution is 2.18. The molecule has 1 heterocycles. The second kappa shape index (κ2) is 7.82. The summed E-state index contributed by atoms with van der Waals surface area (Å²) in [4.78, 5) is 14.8. The minimum absolute atomic E-state index is 0.0154. The van der Waals surface area contributed by atoms with E-state index in [1.165, 1.54) is 0 Å². The largest absolute Gasteiger partial charge is 0.339 e. The lowest BCUT2D eigenvalue weighted by Gasteiger charge is -2.32. The Morgan fingerprint density at radius 1 is 0.926 bits per heavy atom. The molecule has 1 aliphatic rings. The fraction of sp³-hybridized carbons (Fsp3) is 0.381. The Hall–Kier alpha value is -2.18. The van der Waals surface area contributed by atoms with Gasteiger partial charge in [0.1, 0.15) is 0 Å². The van der Waals surface area contributed by atoms with Gasteiger partial charge in [-0.2, -0.15) is 0 Å². The van der Waals surface area contributed by atoms with Crippen LogP contribution in [0.5, 0.6) is 0 Å². The van der Waals surface area contributed by atoms with Gasteiger partial charge in [-0.25, -0.2) is 13.1 Å². The summed E-state index contributed by atoms with van der Waals surface area (Å²) in [5, 5.41) is 0. The molecule has 0 bridgehead atoms. The molecule has 0 aromatic heterocycles. The monoisotopic (exact) mass is 386 g/mol. The van der Waals surface area contributed by atoms with Crippen molar-refractivity contribution >= 4 is 15.9 Å². The number of benzene rings is 2. The van der Waals surface area contributed by atoms with E-state index in [0.29, 0.717) is 31.5 Å². The van der Waals surface area contributed by atoms with Crippen molar-refractivity contribution in [2.24, 2.45) is 0 Å². The van der Waals surface area contributed by atoms with Gasteiger partial charge in [0.05, 0.1) is 4.90 Å². The van der Waals surface area contributed by atoms with E-state index in [-0.39, 0.29) is 16.8 Å². The molecule has 0 radical (unpaired) electrons. The highest BCUT2D eigenvalue weighted by atomic mass is 32.2. The van der Waals surface area contributed by atoms with Crippen LogP contribution in [-0.2, 0) is 10.0 Å². The summed E-state index contributed by atoms with van der Waals surface area (Å²) in [5.41, 5.74) is 3.86. The first kappa shape index (κ1) is 19.6. The number of piperidine rings is 1. The number of sulfonamides is 1. The van der Waals surface area contributed by atoms with Gasteiger partial charge in [0, 0.05) is 24.7 Å². The topological polar surface area (TPSA) is 66.5 Å². The molecule has 5 nitrogen and oxygen atoms in total. The Morgan fingerprint density at radius 3 is 2.04 bits per heavy atom. The Kier molecular flexibility index (Phi) is 5.67. The van der Waals surface area contributed by atoms with E-state index in [1.54, 1.807) is 24.3 Å². The Bertz CT molecular complexity index is 908. The summed E-state index contributed by atoms with van der Waals surface area (Å²) in [6, 6.07) is 12.5. The van der Waals surface area contributed by atoms with Gasteiger partial charge < -0.3 is 4.90 Å². The molecular formula is C21H26N2O3S. The van der Waals surface area contributed by atoms with Crippen LogP contribution >= 0.6 is 0 Å². The lowest BCUT2D eigenvalue weighted by atomic mass is 10.0. The minimum Gasteiger partial charge on any atom is -0.339 e. The predicted octanol–water partition coefficient (Wildman–Crippen LogP) is 3.19. The van der Waals surface area contributed by atoms with Gasteiger partial charge in [-0.05, 0) is 57.9 Å². The minimum atomic E-state index is -3.53. The van der Waals surface area contributed by atoms with Crippen LogP contribution in [0.4, 0.5) is 0 Å². The molecular weight excluding hydrogens is 360 g/mol. The molecule has 6 heteroatoms. The van der Waals surface area contributed by atoms with Gasteiger partial charge in [0.2, 0.25) is 10.0 Å². The van der Waals surface area contributed by atoms with Gasteiger partial charge in [-0.1, -0.05) is 34.9 Å². The Labute approximate surface area is 161 Å². The molecule has 0 atom stereocenters. The van der Waals surface area contributed by atoms with Crippen LogP contribution in [0.25, 0.3) is 0 Å². The summed E-state index contributed by atoms with van der Waals surface area (Å²) in [7, 11) is -3.53. The molecule has 1 N–H and O–H groups in total. The number of nitrogens with one attached hydrogen (secondary N) is 1. The van der Waals surface area contributed by atoms with Crippen molar-refractivity contribution in [1.29, 1.82) is 0 Å². The predicted molar refractivity (Wildman–Crippen MR) is 106 cm³/mol. The van der Waals surface area contributed by atoms with E-state index in [4.69, 9.17) is 0 Å². The Balaban J connectivity index is 1.61. The van der Waals surface area contributed by atoms with Crippen molar-refractivity contribution < 1.29 is 13.2 Å². The second-order valence-electron chi connectivity index (χ2n) is 7.38. The van der Waals surface area contributed by atoms with Crippen molar-refractivity contribution in [2.75, 3.05) is 13.1 Å². The summed E-state index contributed by atoms with van der Waals surface area (Å²) < 4.78 is 27.8. The molecule has 0 aliphatic carbocycles. The van der Waals surface area contributed by atoms with Gasteiger partial charge in [-0.15, -0.1) is 0 Å². The van der Waals surface area contributed by atoms with Crippen LogP contribution in [-0.4, -0.2) is 38.4 Å². The number of hydrogen-bond donors (Lipinski definition) is 1. The van der Waals surface area contributed by atoms with Gasteiger partial charge in [0.25, 0.3) is 5.91 Å². The highest BCUT2D eigenvalue weighted by Gasteiger charge is 2.27. The van der Waals surface area contributed by atoms with Gasteiger partial charge >= 0.3 is 0 Å². The molecule has 1 amide bonds. The number of likely N-dealkylation sites (tertiary alicyclic amines) is 1. The maximum Gasteiger partial charge on any atom is 0.253 e. The standard InChI is InChI=1S/C21H26N2O3S/c1-15-4-6-20(7-5-15)27(25,26)22-19-8-10-23(11-9-19)21(24)18-13-16(2)12-17(3)14-18/h4-7,12-14,19,22H,8-11H2,1-3H3. The maximum absolute atomic E-state index is 12.7. The molecule has 1 fully saturated rings. The quantitative estimate of drug-likeness (QED) is 0.877. The first-order chi connectivity index (χ1) is 12.7. The number of amides is 1. The molecule has 1 saturated heterocycles. The summed E-state index contributed by atoms with van der Waals surface area (Å²) in [6.45, 7) is 6.98. The number of rotatable bonds is 4. The first-order valence-corrected chi connectivity index (χ1v) is 10.7. The van der Waals surface area contributed by atoms with Crippen molar-refractivity contribution in [2.45, 2.75) is 44.6 Å². The number of nitrogens with zero attached hydrogens (tertiary/aromatic N) is 1. The van der Waals surface area contributed by atoms with Crippen LogP contribution in [0, 0.1) is 20.8 Å². The van der Waals surface area contributed by atoms with Crippen LogP contribution in [0.15, 0.2) is 47.4 Å². The molecule has 1 aliphatic heterocycles. The Morgan fingerprint density at radius 2 is 1.48 bits per heavy atom. The second-order valence-corrected chi connectivity index (χ2v) is 9.09. The highest BCUT2D eigenvalue weighted by molar-refractivity contribution is 7.89. The number of aryl methyl sites for hydroxylation is 3. The van der Waals surface area contributed by atoms with Crippen LogP contribution in [0.3, 0.4) is 0 Å². The lowest BCUT2D eigenvalue weighted by molar-refractivity contribution is 0.0711. The molecule has 27 heavy (non-hydrogen) atoms. The SMILES string of the molecule is Cc1ccc(S(=O)(=O)NC2CCN(C(=O)c3cc(C)cc(C)c3)CC2)cc1. The fourth-order valence-electron chi connectivity index (χ4n) is 3.49. The van der Waals surface area contributed by atoms with E-state index in [2.05, 4.69) is 4.72 Å². The summed E-state index contributed by atoms with van der Waals surface area (Å²) >= 11 is 0. The smallest absolute Gasteiger partial charge is 0.253 e.